The van der Waals surface area contributed by atoms with E-state index in [0.717, 1.165) is 29.7 Å². The fraction of sp³-hybridized carbons (Fsp3) is 0.529. The molecule has 0 aromatic heterocycles. The average Bonchev–Trinajstić information content (AvgIpc) is 3.19. The molecule has 1 fully saturated rings. The fourth-order valence-corrected chi connectivity index (χ4v) is 2.81. The van der Waals surface area contributed by atoms with Gasteiger partial charge in [0.15, 0.2) is 0 Å². The molecule has 1 saturated carbocycles. The van der Waals surface area contributed by atoms with E-state index < -0.39 is 0 Å². The Morgan fingerprint density at radius 3 is 2.24 bits per heavy atom. The highest BCUT2D eigenvalue weighted by atomic mass is 16.2. The van der Waals surface area contributed by atoms with Gasteiger partial charge in [0.2, 0.25) is 11.8 Å². The molecule has 0 radical (unpaired) electrons. The molecular formula is C17H24N2O2. The first-order valence-electron chi connectivity index (χ1n) is 7.54. The molecule has 0 atom stereocenters. The third-order valence-corrected chi connectivity index (χ3v) is 3.87. The van der Waals surface area contributed by atoms with Crippen molar-refractivity contribution in [3.63, 3.8) is 0 Å². The SMILES string of the molecule is CC(=O)N(CCNC(=O)C1CC1)c1c(C)cc(C)cc1C. The van der Waals surface area contributed by atoms with E-state index in [2.05, 4.69) is 24.4 Å². The van der Waals surface area contributed by atoms with Gasteiger partial charge in [-0.3, -0.25) is 9.59 Å². The number of nitrogens with zero attached hydrogens (tertiary/aromatic N) is 1. The Balaban J connectivity index is 2.08. The van der Waals surface area contributed by atoms with Gasteiger partial charge in [0.05, 0.1) is 0 Å². The zero-order chi connectivity index (χ0) is 15.6. The van der Waals surface area contributed by atoms with E-state index in [9.17, 15) is 9.59 Å². The number of carbonyl (C=O) groups is 2. The van der Waals surface area contributed by atoms with E-state index in [-0.39, 0.29) is 17.7 Å². The van der Waals surface area contributed by atoms with Gasteiger partial charge in [-0.15, -0.1) is 0 Å². The van der Waals surface area contributed by atoms with Crippen molar-refractivity contribution >= 4 is 17.5 Å². The van der Waals surface area contributed by atoms with E-state index in [4.69, 9.17) is 0 Å². The molecule has 1 aromatic carbocycles. The Morgan fingerprint density at radius 2 is 1.76 bits per heavy atom. The topological polar surface area (TPSA) is 49.4 Å². The van der Waals surface area contributed by atoms with E-state index in [1.807, 2.05) is 13.8 Å². The lowest BCUT2D eigenvalue weighted by atomic mass is 10.0. The third kappa shape index (κ3) is 3.84. The zero-order valence-electron chi connectivity index (χ0n) is 13.3. The summed E-state index contributed by atoms with van der Waals surface area (Å²) < 4.78 is 0. The molecule has 0 saturated heterocycles. The molecule has 1 aromatic rings. The van der Waals surface area contributed by atoms with Gasteiger partial charge in [0.25, 0.3) is 0 Å². The Hall–Kier alpha value is -1.84. The Kier molecular flexibility index (Phi) is 4.66. The number of hydrogen-bond donors (Lipinski definition) is 1. The minimum atomic E-state index is 0.00530. The van der Waals surface area contributed by atoms with Crippen molar-refractivity contribution in [2.24, 2.45) is 5.92 Å². The van der Waals surface area contributed by atoms with Crippen LogP contribution in [-0.2, 0) is 9.59 Å². The number of hydrogen-bond acceptors (Lipinski definition) is 2. The van der Waals surface area contributed by atoms with E-state index in [0.29, 0.717) is 13.1 Å². The van der Waals surface area contributed by atoms with Crippen LogP contribution in [0.25, 0.3) is 0 Å². The molecule has 0 aliphatic heterocycles. The van der Waals surface area contributed by atoms with Gasteiger partial charge >= 0.3 is 0 Å². The number of benzene rings is 1. The van der Waals surface area contributed by atoms with Crippen LogP contribution in [0.1, 0.15) is 36.5 Å². The molecule has 4 heteroatoms. The summed E-state index contributed by atoms with van der Waals surface area (Å²) in [5.74, 6) is 0.334. The van der Waals surface area contributed by atoms with Gasteiger partial charge in [0.1, 0.15) is 0 Å². The molecule has 0 spiro atoms. The predicted molar refractivity (Wildman–Crippen MR) is 84.4 cm³/mol. The van der Waals surface area contributed by atoms with Crippen molar-refractivity contribution in [2.75, 3.05) is 18.0 Å². The quantitative estimate of drug-likeness (QED) is 0.905. The first kappa shape index (κ1) is 15.5. The molecule has 2 rings (SSSR count). The van der Waals surface area contributed by atoms with Crippen molar-refractivity contribution in [3.05, 3.63) is 28.8 Å². The van der Waals surface area contributed by atoms with Gasteiger partial charge in [0, 0.05) is 31.6 Å². The van der Waals surface area contributed by atoms with Crippen LogP contribution in [0.3, 0.4) is 0 Å². The normalized spacial score (nSPS) is 13.9. The molecule has 4 nitrogen and oxygen atoms in total. The summed E-state index contributed by atoms with van der Waals surface area (Å²) in [7, 11) is 0. The predicted octanol–water partition coefficient (Wildman–Crippen LogP) is 2.49. The van der Waals surface area contributed by atoms with Crippen LogP contribution in [0.5, 0.6) is 0 Å². The molecule has 0 unspecified atom stereocenters. The smallest absolute Gasteiger partial charge is 0.223 e. The summed E-state index contributed by atoms with van der Waals surface area (Å²) in [6.45, 7) is 8.68. The van der Waals surface area contributed by atoms with Crippen LogP contribution in [-0.4, -0.2) is 24.9 Å². The molecule has 0 bridgehead atoms. The number of nitrogens with one attached hydrogen (secondary N) is 1. The minimum absolute atomic E-state index is 0.00530. The highest BCUT2D eigenvalue weighted by molar-refractivity contribution is 5.93. The van der Waals surface area contributed by atoms with E-state index in [1.54, 1.807) is 11.8 Å². The largest absolute Gasteiger partial charge is 0.354 e. The highest BCUT2D eigenvalue weighted by Crippen LogP contribution is 2.29. The second-order valence-electron chi connectivity index (χ2n) is 5.98. The zero-order valence-corrected chi connectivity index (χ0v) is 13.3. The average molecular weight is 288 g/mol. The van der Waals surface area contributed by atoms with Crippen molar-refractivity contribution in [2.45, 2.75) is 40.5 Å². The lowest BCUT2D eigenvalue weighted by Gasteiger charge is -2.25. The number of carbonyl (C=O) groups excluding carboxylic acids is 2. The first-order valence-corrected chi connectivity index (χ1v) is 7.54. The van der Waals surface area contributed by atoms with Gasteiger partial charge in [-0.2, -0.15) is 0 Å². The lowest BCUT2D eigenvalue weighted by Crippen LogP contribution is -2.38. The first-order chi connectivity index (χ1) is 9.90. The van der Waals surface area contributed by atoms with Crippen LogP contribution < -0.4 is 10.2 Å². The molecule has 1 aliphatic rings. The van der Waals surface area contributed by atoms with Crippen LogP contribution in [0.15, 0.2) is 12.1 Å². The van der Waals surface area contributed by atoms with Crippen molar-refractivity contribution < 1.29 is 9.59 Å². The van der Waals surface area contributed by atoms with E-state index >= 15 is 0 Å². The van der Waals surface area contributed by atoms with Crippen molar-refractivity contribution in [1.29, 1.82) is 0 Å². The fourth-order valence-electron chi connectivity index (χ4n) is 2.81. The minimum Gasteiger partial charge on any atom is -0.354 e. The van der Waals surface area contributed by atoms with Gasteiger partial charge < -0.3 is 10.2 Å². The van der Waals surface area contributed by atoms with Crippen LogP contribution in [0.4, 0.5) is 5.69 Å². The molecule has 1 N–H and O–H groups in total. The summed E-state index contributed by atoms with van der Waals surface area (Å²) in [5.41, 5.74) is 4.35. The maximum atomic E-state index is 12.0. The standard InChI is InChI=1S/C17H24N2O2/c1-11-9-12(2)16(13(3)10-11)19(14(4)20)8-7-18-17(21)15-5-6-15/h9-10,15H,5-8H2,1-4H3,(H,18,21). The summed E-state index contributed by atoms with van der Waals surface area (Å²) in [5, 5.41) is 2.92. The third-order valence-electron chi connectivity index (χ3n) is 3.87. The lowest BCUT2D eigenvalue weighted by molar-refractivity contribution is -0.122. The molecule has 2 amide bonds. The second kappa shape index (κ2) is 6.29. The Morgan fingerprint density at radius 1 is 1.19 bits per heavy atom. The Labute approximate surface area is 126 Å². The maximum Gasteiger partial charge on any atom is 0.223 e. The second-order valence-corrected chi connectivity index (χ2v) is 5.98. The van der Waals surface area contributed by atoms with Crippen LogP contribution in [0.2, 0.25) is 0 Å². The summed E-state index contributed by atoms with van der Waals surface area (Å²) >= 11 is 0. The molecular weight excluding hydrogens is 264 g/mol. The maximum absolute atomic E-state index is 12.0. The Bertz CT molecular complexity index is 539. The van der Waals surface area contributed by atoms with Gasteiger partial charge in [-0.05, 0) is 44.7 Å². The van der Waals surface area contributed by atoms with Crippen LogP contribution in [0, 0.1) is 26.7 Å². The van der Waals surface area contributed by atoms with Crippen molar-refractivity contribution in [3.8, 4) is 0 Å². The molecule has 0 heterocycles. The summed E-state index contributed by atoms with van der Waals surface area (Å²) in [6, 6.07) is 4.17. The monoisotopic (exact) mass is 288 g/mol. The summed E-state index contributed by atoms with van der Waals surface area (Å²) in [4.78, 5) is 25.4. The highest BCUT2D eigenvalue weighted by Gasteiger charge is 2.29. The number of anilines is 1. The molecule has 21 heavy (non-hydrogen) atoms. The van der Waals surface area contributed by atoms with Crippen LogP contribution >= 0.6 is 0 Å². The number of amides is 2. The van der Waals surface area contributed by atoms with E-state index in [1.165, 1.54) is 5.56 Å². The molecule has 1 aliphatic carbocycles. The summed E-state index contributed by atoms with van der Waals surface area (Å²) in [6.07, 6.45) is 2.00. The number of aryl methyl sites for hydroxylation is 3. The molecule has 114 valence electrons. The van der Waals surface area contributed by atoms with Gasteiger partial charge in [-0.1, -0.05) is 17.7 Å². The number of rotatable bonds is 5. The van der Waals surface area contributed by atoms with Crippen molar-refractivity contribution in [1.82, 2.24) is 5.32 Å². The van der Waals surface area contributed by atoms with Gasteiger partial charge in [-0.25, -0.2) is 0 Å².